The number of hydrogen-bond donors (Lipinski definition) is 3. The Morgan fingerprint density at radius 3 is 2.44 bits per heavy atom. The molecule has 18 heavy (non-hydrogen) atoms. The lowest BCUT2D eigenvalue weighted by Gasteiger charge is -2.25. The van der Waals surface area contributed by atoms with E-state index in [0.717, 1.165) is 6.07 Å². The van der Waals surface area contributed by atoms with Gasteiger partial charge in [-0.3, -0.25) is 0 Å². The first-order chi connectivity index (χ1) is 8.25. The maximum absolute atomic E-state index is 13.6. The van der Waals surface area contributed by atoms with Crippen molar-refractivity contribution in [1.82, 2.24) is 4.72 Å². The first-order valence-corrected chi connectivity index (χ1v) is 6.81. The minimum atomic E-state index is -4.22. The molecule has 8 heteroatoms. The standard InChI is InChI=1S/C10H13ClFNO4S/c1-10(5-14,6-15)13-18(16,17)8-4-2-3-7(11)9(8)12/h2-4,13-15H,5-6H2,1H3. The molecule has 0 saturated carbocycles. The van der Waals surface area contributed by atoms with Crippen molar-refractivity contribution in [3.05, 3.63) is 29.0 Å². The van der Waals surface area contributed by atoms with Crippen LogP contribution in [-0.2, 0) is 10.0 Å². The van der Waals surface area contributed by atoms with Crippen molar-refractivity contribution in [3.63, 3.8) is 0 Å². The van der Waals surface area contributed by atoms with Crippen molar-refractivity contribution in [2.75, 3.05) is 13.2 Å². The summed E-state index contributed by atoms with van der Waals surface area (Å²) in [6, 6.07) is 3.54. The number of hydrogen-bond acceptors (Lipinski definition) is 4. The molecule has 5 nitrogen and oxygen atoms in total. The minimum absolute atomic E-state index is 0.326. The van der Waals surface area contributed by atoms with Crippen LogP contribution in [0.2, 0.25) is 5.02 Å². The van der Waals surface area contributed by atoms with Gasteiger partial charge in [0, 0.05) is 0 Å². The summed E-state index contributed by atoms with van der Waals surface area (Å²) in [6.45, 7) is 0.0167. The van der Waals surface area contributed by atoms with Gasteiger partial charge in [-0.25, -0.2) is 17.5 Å². The molecular weight excluding hydrogens is 285 g/mol. The van der Waals surface area contributed by atoms with Gasteiger partial charge in [0.1, 0.15) is 4.90 Å². The molecule has 1 rings (SSSR count). The van der Waals surface area contributed by atoms with Crippen LogP contribution >= 0.6 is 11.6 Å². The van der Waals surface area contributed by atoms with Crippen LogP contribution in [-0.4, -0.2) is 37.4 Å². The summed E-state index contributed by atoms with van der Waals surface area (Å²) < 4.78 is 39.4. The van der Waals surface area contributed by atoms with Gasteiger partial charge in [0.25, 0.3) is 0 Å². The number of benzene rings is 1. The third-order valence-electron chi connectivity index (χ3n) is 2.28. The number of halogens is 2. The summed E-state index contributed by atoms with van der Waals surface area (Å²) in [5.74, 6) is -1.08. The second-order valence-electron chi connectivity index (χ2n) is 4.03. The predicted molar refractivity (Wildman–Crippen MR) is 64.3 cm³/mol. The molecule has 0 fully saturated rings. The van der Waals surface area contributed by atoms with Crippen LogP contribution in [0, 0.1) is 5.82 Å². The molecule has 0 aliphatic carbocycles. The summed E-state index contributed by atoms with van der Waals surface area (Å²) in [4.78, 5) is -0.636. The maximum atomic E-state index is 13.6. The Labute approximate surface area is 109 Å². The van der Waals surface area contributed by atoms with E-state index in [2.05, 4.69) is 0 Å². The highest BCUT2D eigenvalue weighted by atomic mass is 35.5. The second-order valence-corrected chi connectivity index (χ2v) is 6.09. The first-order valence-electron chi connectivity index (χ1n) is 4.95. The van der Waals surface area contributed by atoms with Crippen LogP contribution in [0.3, 0.4) is 0 Å². The molecular formula is C10H13ClFNO4S. The summed E-state index contributed by atoms with van der Waals surface area (Å²) in [7, 11) is -4.22. The van der Waals surface area contributed by atoms with Gasteiger partial charge in [0.15, 0.2) is 5.82 Å². The van der Waals surface area contributed by atoms with E-state index in [4.69, 9.17) is 21.8 Å². The van der Waals surface area contributed by atoms with E-state index < -0.39 is 39.5 Å². The van der Waals surface area contributed by atoms with Crippen LogP contribution < -0.4 is 4.72 Å². The Bertz CT molecular complexity index is 531. The molecule has 1 aromatic rings. The fourth-order valence-corrected chi connectivity index (χ4v) is 2.91. The zero-order valence-corrected chi connectivity index (χ0v) is 11.1. The molecule has 102 valence electrons. The highest BCUT2D eigenvalue weighted by Gasteiger charge is 2.31. The average Bonchev–Trinajstić information content (AvgIpc) is 2.31. The number of aliphatic hydroxyl groups is 2. The van der Waals surface area contributed by atoms with Crippen LogP contribution in [0.4, 0.5) is 4.39 Å². The van der Waals surface area contributed by atoms with Crippen molar-refractivity contribution in [2.45, 2.75) is 17.4 Å². The Morgan fingerprint density at radius 1 is 1.39 bits per heavy atom. The molecule has 0 saturated heterocycles. The largest absolute Gasteiger partial charge is 0.394 e. The topological polar surface area (TPSA) is 86.6 Å². The van der Waals surface area contributed by atoms with E-state index in [9.17, 15) is 12.8 Å². The molecule has 0 aliphatic rings. The van der Waals surface area contributed by atoms with Gasteiger partial charge in [-0.05, 0) is 19.1 Å². The summed E-state index contributed by atoms with van der Waals surface area (Å²) >= 11 is 5.49. The average molecular weight is 298 g/mol. The lowest BCUT2D eigenvalue weighted by atomic mass is 10.1. The van der Waals surface area contributed by atoms with E-state index in [1.54, 1.807) is 0 Å². The normalized spacial score (nSPS) is 12.7. The van der Waals surface area contributed by atoms with Gasteiger partial charge in [0.05, 0.1) is 23.8 Å². The molecule has 0 heterocycles. The second kappa shape index (κ2) is 5.50. The van der Waals surface area contributed by atoms with Crippen molar-refractivity contribution >= 4 is 21.6 Å². The first kappa shape index (κ1) is 15.3. The van der Waals surface area contributed by atoms with Gasteiger partial charge in [0.2, 0.25) is 10.0 Å². The summed E-state index contributed by atoms with van der Waals surface area (Å²) in [5.41, 5.74) is -1.48. The van der Waals surface area contributed by atoms with Gasteiger partial charge in [-0.2, -0.15) is 0 Å². The van der Waals surface area contributed by atoms with Crippen LogP contribution in [0.5, 0.6) is 0 Å². The zero-order valence-electron chi connectivity index (χ0n) is 9.52. The lowest BCUT2D eigenvalue weighted by molar-refractivity contribution is 0.121. The van der Waals surface area contributed by atoms with Gasteiger partial charge in [-0.1, -0.05) is 17.7 Å². The Balaban J connectivity index is 3.19. The number of sulfonamides is 1. The zero-order chi connectivity index (χ0) is 14.0. The van der Waals surface area contributed by atoms with Crippen LogP contribution in [0.1, 0.15) is 6.92 Å². The van der Waals surface area contributed by atoms with Gasteiger partial charge >= 0.3 is 0 Å². The smallest absolute Gasteiger partial charge is 0.244 e. The van der Waals surface area contributed by atoms with Gasteiger partial charge in [-0.15, -0.1) is 0 Å². The molecule has 0 aliphatic heterocycles. The van der Waals surface area contributed by atoms with Crippen LogP contribution in [0.25, 0.3) is 0 Å². The number of nitrogens with one attached hydrogen (secondary N) is 1. The summed E-state index contributed by atoms with van der Waals surface area (Å²) in [6.07, 6.45) is 0. The van der Waals surface area contributed by atoms with Gasteiger partial charge < -0.3 is 10.2 Å². The third kappa shape index (κ3) is 3.18. The molecule has 3 N–H and O–H groups in total. The van der Waals surface area contributed by atoms with Crippen molar-refractivity contribution in [2.24, 2.45) is 0 Å². The monoisotopic (exact) mass is 297 g/mol. The van der Waals surface area contributed by atoms with E-state index in [1.165, 1.54) is 19.1 Å². The SMILES string of the molecule is CC(CO)(CO)NS(=O)(=O)c1cccc(Cl)c1F. The number of rotatable bonds is 5. The molecule has 0 spiro atoms. The fourth-order valence-electron chi connectivity index (χ4n) is 1.19. The predicted octanol–water partition coefficient (Wildman–Crippen LogP) is 0.501. The molecule has 0 atom stereocenters. The lowest BCUT2D eigenvalue weighted by Crippen LogP contribution is -2.51. The third-order valence-corrected chi connectivity index (χ3v) is 4.23. The molecule has 0 amide bonds. The quantitative estimate of drug-likeness (QED) is 0.739. The molecule has 0 aromatic heterocycles. The van der Waals surface area contributed by atoms with E-state index in [0.29, 0.717) is 0 Å². The highest BCUT2D eigenvalue weighted by molar-refractivity contribution is 7.89. The van der Waals surface area contributed by atoms with Crippen molar-refractivity contribution in [3.8, 4) is 0 Å². The maximum Gasteiger partial charge on any atom is 0.244 e. The van der Waals surface area contributed by atoms with Crippen molar-refractivity contribution in [1.29, 1.82) is 0 Å². The van der Waals surface area contributed by atoms with E-state index in [-0.39, 0.29) is 5.02 Å². The number of aliphatic hydroxyl groups excluding tert-OH is 2. The molecule has 0 radical (unpaired) electrons. The van der Waals surface area contributed by atoms with Crippen LogP contribution in [0.15, 0.2) is 23.1 Å². The van der Waals surface area contributed by atoms with E-state index >= 15 is 0 Å². The fraction of sp³-hybridized carbons (Fsp3) is 0.400. The highest BCUT2D eigenvalue weighted by Crippen LogP contribution is 2.22. The van der Waals surface area contributed by atoms with Crippen molar-refractivity contribution < 1.29 is 23.0 Å². The molecule has 1 aromatic carbocycles. The van der Waals surface area contributed by atoms with E-state index in [1.807, 2.05) is 4.72 Å². The molecule has 0 bridgehead atoms. The molecule has 0 unspecified atom stereocenters. The minimum Gasteiger partial charge on any atom is -0.394 e. The summed E-state index contributed by atoms with van der Waals surface area (Å²) in [5, 5.41) is 17.7. The Kier molecular flexibility index (Phi) is 4.68. The Morgan fingerprint density at radius 2 is 1.94 bits per heavy atom. The Hall–Kier alpha value is -0.730.